The fourth-order valence-corrected chi connectivity index (χ4v) is 3.55. The predicted molar refractivity (Wildman–Crippen MR) is 65.7 cm³/mol. The van der Waals surface area contributed by atoms with Crippen molar-refractivity contribution in [2.75, 3.05) is 11.5 Å². The summed E-state index contributed by atoms with van der Waals surface area (Å²) in [5, 5.41) is 11.3. The Morgan fingerprint density at radius 3 is 2.50 bits per heavy atom. The molecule has 1 amide bonds. The fraction of sp³-hybridized carbons (Fsp3) is 0.333. The monoisotopic (exact) mass is 264 g/mol. The molecule has 0 saturated carbocycles. The second-order valence-corrected chi connectivity index (χ2v) is 6.49. The Bertz CT molecular complexity index is 599. The molecular weight excluding hydrogens is 252 g/mol. The van der Waals surface area contributed by atoms with Gasteiger partial charge in [0.25, 0.3) is 5.91 Å². The second kappa shape index (κ2) is 4.78. The molecule has 0 aliphatic carbocycles. The molecule has 1 saturated heterocycles. The van der Waals surface area contributed by atoms with Crippen LogP contribution in [0.25, 0.3) is 0 Å². The number of sulfone groups is 1. The van der Waals surface area contributed by atoms with Crippen LogP contribution in [0.4, 0.5) is 0 Å². The fourth-order valence-electron chi connectivity index (χ4n) is 1.87. The smallest absolute Gasteiger partial charge is 0.251 e. The molecule has 1 aliphatic rings. The number of carbonyl (C=O) groups is 1. The Morgan fingerprint density at radius 2 is 2.00 bits per heavy atom. The van der Waals surface area contributed by atoms with E-state index in [1.165, 1.54) is 0 Å². The van der Waals surface area contributed by atoms with Gasteiger partial charge >= 0.3 is 0 Å². The van der Waals surface area contributed by atoms with E-state index in [0.717, 1.165) is 0 Å². The van der Waals surface area contributed by atoms with E-state index in [9.17, 15) is 13.2 Å². The average Bonchev–Trinajstić information content (AvgIpc) is 2.68. The van der Waals surface area contributed by atoms with E-state index in [0.29, 0.717) is 17.5 Å². The summed E-state index contributed by atoms with van der Waals surface area (Å²) in [6.45, 7) is 0. The lowest BCUT2D eigenvalue weighted by Crippen LogP contribution is -2.35. The zero-order valence-electron chi connectivity index (χ0n) is 9.59. The third kappa shape index (κ3) is 2.87. The van der Waals surface area contributed by atoms with E-state index < -0.39 is 9.84 Å². The Balaban J connectivity index is 2.02. The van der Waals surface area contributed by atoms with Gasteiger partial charge in [-0.2, -0.15) is 5.26 Å². The van der Waals surface area contributed by atoms with Crippen molar-refractivity contribution in [3.8, 4) is 6.07 Å². The maximum atomic E-state index is 11.8. The van der Waals surface area contributed by atoms with Crippen molar-refractivity contribution in [2.45, 2.75) is 12.5 Å². The largest absolute Gasteiger partial charge is 0.348 e. The van der Waals surface area contributed by atoms with Crippen LogP contribution in [0.15, 0.2) is 24.3 Å². The summed E-state index contributed by atoms with van der Waals surface area (Å²) < 4.78 is 22.5. The lowest BCUT2D eigenvalue weighted by atomic mass is 10.1. The minimum Gasteiger partial charge on any atom is -0.348 e. The standard InChI is InChI=1S/C12H12N2O3S/c13-7-9-1-3-10(4-2-9)12(15)14-11-5-6-18(16,17)8-11/h1-4,11H,5-6,8H2,(H,14,15). The highest BCUT2D eigenvalue weighted by molar-refractivity contribution is 7.91. The maximum absolute atomic E-state index is 11.8. The van der Waals surface area contributed by atoms with Crippen molar-refractivity contribution < 1.29 is 13.2 Å². The molecule has 0 spiro atoms. The summed E-state index contributed by atoms with van der Waals surface area (Å²) in [7, 11) is -2.99. The quantitative estimate of drug-likeness (QED) is 0.841. The van der Waals surface area contributed by atoms with Crippen LogP contribution in [0.1, 0.15) is 22.3 Å². The van der Waals surface area contributed by atoms with Gasteiger partial charge in [-0.15, -0.1) is 0 Å². The van der Waals surface area contributed by atoms with Gasteiger partial charge in [0.15, 0.2) is 9.84 Å². The lowest BCUT2D eigenvalue weighted by Gasteiger charge is -2.10. The molecule has 0 radical (unpaired) electrons. The SMILES string of the molecule is N#Cc1ccc(C(=O)NC2CCS(=O)(=O)C2)cc1. The number of nitriles is 1. The van der Waals surface area contributed by atoms with Crippen LogP contribution < -0.4 is 5.32 Å². The number of benzene rings is 1. The van der Waals surface area contributed by atoms with Crippen LogP contribution in [0, 0.1) is 11.3 Å². The van der Waals surface area contributed by atoms with Crippen molar-refractivity contribution in [2.24, 2.45) is 0 Å². The highest BCUT2D eigenvalue weighted by Crippen LogP contribution is 2.12. The van der Waals surface area contributed by atoms with Crippen LogP contribution >= 0.6 is 0 Å². The first-order valence-corrected chi connectivity index (χ1v) is 7.34. The maximum Gasteiger partial charge on any atom is 0.251 e. The van der Waals surface area contributed by atoms with Gasteiger partial charge in [0.2, 0.25) is 0 Å². The average molecular weight is 264 g/mol. The van der Waals surface area contributed by atoms with Crippen molar-refractivity contribution >= 4 is 15.7 Å². The van der Waals surface area contributed by atoms with Gasteiger partial charge in [0.1, 0.15) is 0 Å². The van der Waals surface area contributed by atoms with Gasteiger partial charge in [0, 0.05) is 11.6 Å². The van der Waals surface area contributed by atoms with Gasteiger partial charge in [-0.3, -0.25) is 4.79 Å². The summed E-state index contributed by atoms with van der Waals surface area (Å²) in [5.74, 6) is -0.165. The molecule has 94 valence electrons. The minimum atomic E-state index is -2.99. The Hall–Kier alpha value is -1.87. The van der Waals surface area contributed by atoms with Crippen LogP contribution in [-0.2, 0) is 9.84 Å². The molecule has 1 N–H and O–H groups in total. The second-order valence-electron chi connectivity index (χ2n) is 4.26. The van der Waals surface area contributed by atoms with Crippen LogP contribution in [-0.4, -0.2) is 31.9 Å². The summed E-state index contributed by atoms with van der Waals surface area (Å²) in [6.07, 6.45) is 0.463. The first-order chi connectivity index (χ1) is 8.50. The molecule has 1 aromatic carbocycles. The third-order valence-corrected chi connectivity index (χ3v) is 4.61. The molecule has 1 fully saturated rings. The number of nitrogens with one attached hydrogen (secondary N) is 1. The van der Waals surface area contributed by atoms with E-state index >= 15 is 0 Å². The molecule has 6 heteroatoms. The summed E-state index contributed by atoms with van der Waals surface area (Å²) in [5.41, 5.74) is 0.910. The molecule has 2 rings (SSSR count). The predicted octanol–water partition coefficient (Wildman–Crippen LogP) is 0.475. The van der Waals surface area contributed by atoms with Crippen molar-refractivity contribution in [1.29, 1.82) is 5.26 Å². The Morgan fingerprint density at radius 1 is 1.33 bits per heavy atom. The number of carbonyl (C=O) groups excluding carboxylic acids is 1. The number of rotatable bonds is 2. The molecule has 5 nitrogen and oxygen atoms in total. The van der Waals surface area contributed by atoms with Crippen LogP contribution in [0.3, 0.4) is 0 Å². The summed E-state index contributed by atoms with van der Waals surface area (Å²) >= 11 is 0. The molecule has 1 aliphatic heterocycles. The first-order valence-electron chi connectivity index (χ1n) is 5.51. The third-order valence-electron chi connectivity index (χ3n) is 2.84. The molecule has 1 heterocycles. The highest BCUT2D eigenvalue weighted by atomic mass is 32.2. The van der Waals surface area contributed by atoms with Gasteiger partial charge in [0.05, 0.1) is 23.1 Å². The topological polar surface area (TPSA) is 87.0 Å². The Labute approximate surface area is 105 Å². The highest BCUT2D eigenvalue weighted by Gasteiger charge is 2.29. The number of hydrogen-bond acceptors (Lipinski definition) is 4. The van der Waals surface area contributed by atoms with Gasteiger partial charge in [-0.25, -0.2) is 8.42 Å². The zero-order valence-corrected chi connectivity index (χ0v) is 10.4. The summed E-state index contributed by atoms with van der Waals surface area (Å²) in [4.78, 5) is 11.8. The van der Waals surface area contributed by atoms with E-state index in [-0.39, 0.29) is 23.5 Å². The Kier molecular flexibility index (Phi) is 3.34. The van der Waals surface area contributed by atoms with Crippen LogP contribution in [0.2, 0.25) is 0 Å². The number of hydrogen-bond donors (Lipinski definition) is 1. The molecule has 18 heavy (non-hydrogen) atoms. The van der Waals surface area contributed by atoms with Gasteiger partial charge < -0.3 is 5.32 Å². The molecule has 0 aromatic heterocycles. The summed E-state index contributed by atoms with van der Waals surface area (Å²) in [6, 6.07) is 7.88. The lowest BCUT2D eigenvalue weighted by molar-refractivity contribution is 0.0941. The van der Waals surface area contributed by atoms with Crippen molar-refractivity contribution in [1.82, 2.24) is 5.32 Å². The molecule has 1 aromatic rings. The van der Waals surface area contributed by atoms with Gasteiger partial charge in [-0.1, -0.05) is 0 Å². The molecule has 1 atom stereocenters. The number of amides is 1. The van der Waals surface area contributed by atoms with E-state index in [1.54, 1.807) is 24.3 Å². The zero-order chi connectivity index (χ0) is 13.2. The molecule has 1 unspecified atom stereocenters. The minimum absolute atomic E-state index is 0.00895. The van der Waals surface area contributed by atoms with E-state index in [2.05, 4.69) is 5.32 Å². The first kappa shape index (κ1) is 12.6. The normalized spacial score (nSPS) is 21.2. The van der Waals surface area contributed by atoms with E-state index in [1.807, 2.05) is 6.07 Å². The number of nitrogens with zero attached hydrogens (tertiary/aromatic N) is 1. The molecule has 0 bridgehead atoms. The van der Waals surface area contributed by atoms with Crippen molar-refractivity contribution in [3.05, 3.63) is 35.4 Å². The van der Waals surface area contributed by atoms with Gasteiger partial charge in [-0.05, 0) is 30.7 Å². The van der Waals surface area contributed by atoms with E-state index in [4.69, 9.17) is 5.26 Å². The van der Waals surface area contributed by atoms with Crippen molar-refractivity contribution in [3.63, 3.8) is 0 Å². The molecular formula is C12H12N2O3S. The van der Waals surface area contributed by atoms with Crippen LogP contribution in [0.5, 0.6) is 0 Å².